The monoisotopic (exact) mass is 924 g/mol. The van der Waals surface area contributed by atoms with E-state index in [2.05, 4.69) is 0 Å². The van der Waals surface area contributed by atoms with Gasteiger partial charge in [-0.15, -0.1) is 0 Å². The summed E-state index contributed by atoms with van der Waals surface area (Å²) in [7, 11) is 2.96. The summed E-state index contributed by atoms with van der Waals surface area (Å²) >= 11 is 0. The van der Waals surface area contributed by atoms with E-state index in [-0.39, 0.29) is 53.3 Å². The third kappa shape index (κ3) is 7.92. The smallest absolute Gasteiger partial charge is 0.372 e. The van der Waals surface area contributed by atoms with E-state index in [1.54, 1.807) is 72.8 Å². The number of methoxy groups -OCH3 is 2. The molecule has 0 aliphatic carbocycles. The SMILES string of the molecule is COc1cccc2cc(-c3cc(=O)oc4cc(-c5ccoc5C(=O)O)ccc34)c(=O)oc12.COc1cccc2cc(-c3cc(=O)oc4cc(-c5ccoc5C(=O)O)ccc34)c(=O)oc12.[Zn]. The van der Waals surface area contributed by atoms with Gasteiger partial charge in [0.1, 0.15) is 11.2 Å². The molecule has 318 valence electrons. The Morgan fingerprint density at radius 1 is 0.477 bits per heavy atom. The zero-order chi connectivity index (χ0) is 44.8. The first-order valence-electron chi connectivity index (χ1n) is 18.9. The third-order valence-corrected chi connectivity index (χ3v) is 10.3. The second kappa shape index (κ2) is 17.3. The molecule has 0 fully saturated rings. The van der Waals surface area contributed by atoms with Crippen molar-refractivity contribution in [2.45, 2.75) is 0 Å². The Kier molecular flexibility index (Phi) is 11.5. The Bertz CT molecular complexity index is 3520. The maximum absolute atomic E-state index is 12.8. The Hall–Kier alpha value is -8.56. The molecule has 0 spiro atoms. The third-order valence-electron chi connectivity index (χ3n) is 10.3. The molecule has 0 bridgehead atoms. The van der Waals surface area contributed by atoms with E-state index in [0.29, 0.717) is 77.6 Å². The van der Waals surface area contributed by atoms with Gasteiger partial charge in [0.2, 0.25) is 11.5 Å². The van der Waals surface area contributed by atoms with Gasteiger partial charge in [0.05, 0.1) is 37.9 Å². The van der Waals surface area contributed by atoms with Gasteiger partial charge in [0.15, 0.2) is 22.7 Å². The number of ether oxygens (including phenoxy) is 2. The summed E-state index contributed by atoms with van der Waals surface area (Å²) in [5.41, 5.74) is 1.07. The number of benzene rings is 4. The van der Waals surface area contributed by atoms with Crippen LogP contribution in [0.25, 0.3) is 88.4 Å². The first kappa shape index (κ1) is 43.1. The molecule has 0 saturated heterocycles. The van der Waals surface area contributed by atoms with E-state index in [9.17, 15) is 39.0 Å². The van der Waals surface area contributed by atoms with Gasteiger partial charge in [-0.05, 0) is 71.8 Å². The van der Waals surface area contributed by atoms with Gasteiger partial charge in [-0.3, -0.25) is 0 Å². The molecule has 65 heavy (non-hydrogen) atoms. The van der Waals surface area contributed by atoms with Crippen molar-refractivity contribution in [1.29, 1.82) is 0 Å². The zero-order valence-electron chi connectivity index (χ0n) is 33.9. The minimum absolute atomic E-state index is 0. The van der Waals surface area contributed by atoms with Gasteiger partial charge in [-0.2, -0.15) is 0 Å². The van der Waals surface area contributed by atoms with Crippen LogP contribution in [0.15, 0.2) is 167 Å². The molecule has 0 atom stereocenters. The molecule has 17 heteroatoms. The molecule has 6 aromatic heterocycles. The van der Waals surface area contributed by atoms with E-state index in [4.69, 9.17) is 36.0 Å². The van der Waals surface area contributed by atoms with Crippen LogP contribution in [0.4, 0.5) is 0 Å². The van der Waals surface area contributed by atoms with Crippen molar-refractivity contribution < 1.29 is 75.3 Å². The molecule has 0 aliphatic heterocycles. The topological polar surface area (TPSA) is 240 Å². The number of carboxylic acid groups (broad SMARTS) is 2. The Balaban J connectivity index is 0.000000175. The van der Waals surface area contributed by atoms with E-state index >= 15 is 0 Å². The number of hydrogen-bond acceptors (Lipinski definition) is 14. The van der Waals surface area contributed by atoms with E-state index < -0.39 is 34.4 Å². The molecular weight excluding hydrogens is 898 g/mol. The molecule has 0 radical (unpaired) electrons. The number of carboxylic acids is 2. The number of aromatic carboxylic acids is 2. The zero-order valence-corrected chi connectivity index (χ0v) is 36.8. The van der Waals surface area contributed by atoms with Crippen molar-refractivity contribution in [3.8, 4) is 56.0 Å². The fourth-order valence-corrected chi connectivity index (χ4v) is 7.44. The molecule has 10 rings (SSSR count). The van der Waals surface area contributed by atoms with Crippen molar-refractivity contribution in [3.05, 3.63) is 175 Å². The van der Waals surface area contributed by atoms with Crippen LogP contribution in [0.3, 0.4) is 0 Å². The largest absolute Gasteiger partial charge is 0.493 e. The standard InChI is InChI=1S/2C24H14O8.Zn/c2*1-29-18-4-2-3-13-9-17(24(28)32-21(13)18)16-11-20(25)31-19-10-12(5-6-15(16)19)14-7-8-30-22(14)23(26)27;/h2*2-11H,1H3,(H,26,27);. The Labute approximate surface area is 374 Å². The summed E-state index contributed by atoms with van der Waals surface area (Å²) in [6, 6.07) is 28.8. The Morgan fingerprint density at radius 3 is 1.28 bits per heavy atom. The second-order valence-corrected chi connectivity index (χ2v) is 14.0. The molecule has 6 heterocycles. The van der Waals surface area contributed by atoms with Gasteiger partial charge in [0.25, 0.3) is 0 Å². The van der Waals surface area contributed by atoms with Crippen LogP contribution >= 0.6 is 0 Å². The number of para-hydroxylation sites is 2. The first-order valence-corrected chi connectivity index (χ1v) is 18.9. The molecular formula is C48H28O16Zn. The normalized spacial score (nSPS) is 11.0. The number of hydrogen-bond donors (Lipinski definition) is 2. The van der Waals surface area contributed by atoms with Gasteiger partial charge in [-0.25, -0.2) is 28.8 Å². The van der Waals surface area contributed by atoms with Crippen LogP contribution < -0.4 is 32.0 Å². The fourth-order valence-electron chi connectivity index (χ4n) is 7.44. The average Bonchev–Trinajstić information content (AvgIpc) is 3.99. The quantitative estimate of drug-likeness (QED) is 0.107. The van der Waals surface area contributed by atoms with Crippen LogP contribution in [0.2, 0.25) is 0 Å². The molecule has 0 amide bonds. The fraction of sp³-hybridized carbons (Fsp3) is 0.0417. The molecule has 0 unspecified atom stereocenters. The number of rotatable bonds is 8. The van der Waals surface area contributed by atoms with E-state index in [1.165, 1.54) is 63.1 Å². The summed E-state index contributed by atoms with van der Waals surface area (Å²) in [6.07, 6.45) is 2.54. The van der Waals surface area contributed by atoms with Crippen LogP contribution in [-0.4, -0.2) is 36.4 Å². The average molecular weight is 926 g/mol. The van der Waals surface area contributed by atoms with Gasteiger partial charge in [0, 0.05) is 75.4 Å². The second-order valence-electron chi connectivity index (χ2n) is 14.0. The molecule has 0 saturated carbocycles. The van der Waals surface area contributed by atoms with Crippen LogP contribution in [0, 0.1) is 0 Å². The summed E-state index contributed by atoms with van der Waals surface area (Å²) < 4.78 is 42.2. The number of carbonyl (C=O) groups is 2. The van der Waals surface area contributed by atoms with E-state index in [0.717, 1.165) is 0 Å². The molecule has 4 aromatic carbocycles. The van der Waals surface area contributed by atoms with Gasteiger partial charge in [-0.1, -0.05) is 36.4 Å². The number of fused-ring (bicyclic) bond motifs is 4. The maximum atomic E-state index is 12.8. The summed E-state index contributed by atoms with van der Waals surface area (Å²) in [6.45, 7) is 0. The predicted octanol–water partition coefficient (Wildman–Crippen LogP) is 9.06. The summed E-state index contributed by atoms with van der Waals surface area (Å²) in [5.74, 6) is -2.06. The maximum Gasteiger partial charge on any atom is 0.372 e. The Morgan fingerprint density at radius 2 is 0.892 bits per heavy atom. The van der Waals surface area contributed by atoms with E-state index in [1.807, 2.05) is 0 Å². The number of furan rings is 2. The first-order chi connectivity index (χ1) is 30.9. The molecule has 2 N–H and O–H groups in total. The minimum Gasteiger partial charge on any atom is -0.493 e. The molecule has 0 aliphatic rings. The van der Waals surface area contributed by atoms with Crippen LogP contribution in [-0.2, 0) is 19.5 Å². The van der Waals surface area contributed by atoms with Gasteiger partial charge < -0.3 is 46.2 Å². The summed E-state index contributed by atoms with van der Waals surface area (Å²) in [4.78, 5) is 72.9. The van der Waals surface area contributed by atoms with Crippen molar-refractivity contribution >= 4 is 55.8 Å². The summed E-state index contributed by atoms with van der Waals surface area (Å²) in [5, 5.41) is 20.8. The minimum atomic E-state index is -1.22. The van der Waals surface area contributed by atoms with Crippen LogP contribution in [0.1, 0.15) is 21.1 Å². The van der Waals surface area contributed by atoms with Crippen molar-refractivity contribution in [1.82, 2.24) is 0 Å². The van der Waals surface area contributed by atoms with Crippen molar-refractivity contribution in [2.24, 2.45) is 0 Å². The van der Waals surface area contributed by atoms with Crippen molar-refractivity contribution in [2.75, 3.05) is 14.2 Å². The van der Waals surface area contributed by atoms with Gasteiger partial charge >= 0.3 is 34.4 Å². The van der Waals surface area contributed by atoms with Crippen LogP contribution in [0.5, 0.6) is 11.5 Å². The molecule has 10 aromatic rings. The van der Waals surface area contributed by atoms with Crippen molar-refractivity contribution in [3.63, 3.8) is 0 Å². The predicted molar refractivity (Wildman–Crippen MR) is 230 cm³/mol. The molecule has 16 nitrogen and oxygen atoms in total.